The lowest BCUT2D eigenvalue weighted by Crippen LogP contribution is -2.48. The van der Waals surface area contributed by atoms with Crippen LogP contribution in [0.3, 0.4) is 0 Å². The topological polar surface area (TPSA) is 38.3 Å². The Kier molecular flexibility index (Phi) is 3.67. The number of carbonyl (C=O) groups is 1. The van der Waals surface area contributed by atoms with E-state index in [9.17, 15) is 4.79 Å². The predicted molar refractivity (Wildman–Crippen MR) is 56.0 cm³/mol. The second-order valence-electron chi connectivity index (χ2n) is 4.97. The molecule has 3 heteroatoms. The van der Waals surface area contributed by atoms with Crippen LogP contribution in [0.5, 0.6) is 0 Å². The quantitative estimate of drug-likeness (QED) is 0.733. The Morgan fingerprint density at radius 2 is 2.07 bits per heavy atom. The minimum absolute atomic E-state index is 0.0220. The van der Waals surface area contributed by atoms with Gasteiger partial charge < -0.3 is 4.74 Å². The van der Waals surface area contributed by atoms with Gasteiger partial charge in [0.15, 0.2) is 0 Å². The Bertz CT molecular complexity index is 208. The van der Waals surface area contributed by atoms with Gasteiger partial charge in [-0.15, -0.1) is 0 Å². The van der Waals surface area contributed by atoms with Crippen LogP contribution in [0.25, 0.3) is 0 Å². The van der Waals surface area contributed by atoms with Gasteiger partial charge >= 0.3 is 0 Å². The smallest absolute Gasteiger partial charge is 0.145 e. The van der Waals surface area contributed by atoms with Crippen LogP contribution in [0, 0.1) is 11.3 Å². The standard InChI is InChI=1S/C11H21NO2/c1-11(2,3)9(13)8-6-5-7-12-10(8)14-4/h8,10,12H,5-7H2,1-4H3. The number of hydrogen-bond acceptors (Lipinski definition) is 3. The number of hydrogen-bond donors (Lipinski definition) is 1. The molecule has 3 nitrogen and oxygen atoms in total. The Balaban J connectivity index is 2.69. The average molecular weight is 199 g/mol. The first-order valence-electron chi connectivity index (χ1n) is 5.27. The van der Waals surface area contributed by atoms with E-state index in [0.717, 1.165) is 19.4 Å². The third-order valence-corrected chi connectivity index (χ3v) is 2.73. The van der Waals surface area contributed by atoms with Crippen LogP contribution in [0.2, 0.25) is 0 Å². The van der Waals surface area contributed by atoms with Crippen molar-refractivity contribution in [3.63, 3.8) is 0 Å². The molecule has 0 aliphatic carbocycles. The number of carbonyl (C=O) groups excluding carboxylic acids is 1. The van der Waals surface area contributed by atoms with Crippen molar-refractivity contribution in [2.24, 2.45) is 11.3 Å². The molecule has 82 valence electrons. The van der Waals surface area contributed by atoms with E-state index < -0.39 is 0 Å². The van der Waals surface area contributed by atoms with Crippen LogP contribution in [0.15, 0.2) is 0 Å². The SMILES string of the molecule is COC1NCCCC1C(=O)C(C)(C)C. The Labute approximate surface area is 86.2 Å². The molecule has 0 aromatic heterocycles. The van der Waals surface area contributed by atoms with Crippen molar-refractivity contribution in [2.45, 2.75) is 39.8 Å². The second kappa shape index (κ2) is 4.41. The molecule has 1 rings (SSSR count). The lowest BCUT2D eigenvalue weighted by Gasteiger charge is -2.34. The largest absolute Gasteiger partial charge is 0.366 e. The first-order chi connectivity index (χ1) is 6.46. The summed E-state index contributed by atoms with van der Waals surface area (Å²) in [4.78, 5) is 12.1. The molecule has 0 amide bonds. The summed E-state index contributed by atoms with van der Waals surface area (Å²) >= 11 is 0. The first kappa shape index (κ1) is 11.7. The summed E-state index contributed by atoms with van der Waals surface area (Å²) in [6.07, 6.45) is 1.92. The van der Waals surface area contributed by atoms with Gasteiger partial charge in [0, 0.05) is 12.5 Å². The Hall–Kier alpha value is -0.410. The Morgan fingerprint density at radius 1 is 1.43 bits per heavy atom. The zero-order valence-electron chi connectivity index (χ0n) is 9.59. The summed E-state index contributed by atoms with van der Waals surface area (Å²) in [6.45, 7) is 6.86. The Morgan fingerprint density at radius 3 is 2.57 bits per heavy atom. The van der Waals surface area contributed by atoms with Gasteiger partial charge in [-0.05, 0) is 19.4 Å². The number of piperidine rings is 1. The van der Waals surface area contributed by atoms with Crippen molar-refractivity contribution < 1.29 is 9.53 Å². The lowest BCUT2D eigenvalue weighted by molar-refractivity contribution is -0.137. The van der Waals surface area contributed by atoms with Crippen LogP contribution in [-0.4, -0.2) is 25.7 Å². The summed E-state index contributed by atoms with van der Waals surface area (Å²) in [5, 5.41) is 3.23. The number of nitrogens with one attached hydrogen (secondary N) is 1. The molecule has 1 heterocycles. The lowest BCUT2D eigenvalue weighted by atomic mass is 9.79. The molecule has 0 radical (unpaired) electrons. The van der Waals surface area contributed by atoms with Crippen LogP contribution < -0.4 is 5.32 Å². The molecule has 0 spiro atoms. The predicted octanol–water partition coefficient (Wildman–Crippen LogP) is 1.57. The maximum absolute atomic E-state index is 12.1. The summed E-state index contributed by atoms with van der Waals surface area (Å²) in [6, 6.07) is 0. The third kappa shape index (κ3) is 2.55. The minimum Gasteiger partial charge on any atom is -0.366 e. The minimum atomic E-state index is -0.263. The highest BCUT2D eigenvalue weighted by molar-refractivity contribution is 5.86. The van der Waals surface area contributed by atoms with Gasteiger partial charge in [0.2, 0.25) is 0 Å². The van der Waals surface area contributed by atoms with Crippen LogP contribution in [0.4, 0.5) is 0 Å². The molecule has 1 saturated heterocycles. The van der Waals surface area contributed by atoms with Gasteiger partial charge in [0.05, 0.1) is 5.92 Å². The fraction of sp³-hybridized carbons (Fsp3) is 0.909. The maximum atomic E-state index is 12.1. The molecule has 1 aliphatic rings. The maximum Gasteiger partial charge on any atom is 0.145 e. The van der Waals surface area contributed by atoms with Gasteiger partial charge in [-0.3, -0.25) is 10.1 Å². The highest BCUT2D eigenvalue weighted by Crippen LogP contribution is 2.27. The van der Waals surface area contributed by atoms with E-state index in [-0.39, 0.29) is 17.6 Å². The molecule has 0 aromatic carbocycles. The zero-order valence-corrected chi connectivity index (χ0v) is 9.59. The summed E-state index contributed by atoms with van der Waals surface area (Å²) < 4.78 is 5.29. The molecule has 1 N–H and O–H groups in total. The number of Topliss-reactive ketones (excluding diaryl/α,β-unsaturated/α-hetero) is 1. The van der Waals surface area contributed by atoms with Gasteiger partial charge in [-0.2, -0.15) is 0 Å². The second-order valence-corrected chi connectivity index (χ2v) is 4.97. The highest BCUT2D eigenvalue weighted by Gasteiger charge is 2.36. The van der Waals surface area contributed by atoms with E-state index in [1.54, 1.807) is 7.11 Å². The fourth-order valence-electron chi connectivity index (χ4n) is 1.93. The summed E-state index contributed by atoms with van der Waals surface area (Å²) in [5.41, 5.74) is -0.263. The van der Waals surface area contributed by atoms with Crippen molar-refractivity contribution in [3.05, 3.63) is 0 Å². The van der Waals surface area contributed by atoms with Gasteiger partial charge in [-0.25, -0.2) is 0 Å². The molecular formula is C11H21NO2. The molecule has 0 bridgehead atoms. The molecule has 1 aliphatic heterocycles. The monoisotopic (exact) mass is 199 g/mol. The number of ketones is 1. The molecule has 2 atom stereocenters. The van der Waals surface area contributed by atoms with Crippen molar-refractivity contribution >= 4 is 5.78 Å². The van der Waals surface area contributed by atoms with E-state index in [2.05, 4.69) is 5.32 Å². The van der Waals surface area contributed by atoms with Crippen LogP contribution in [0.1, 0.15) is 33.6 Å². The normalized spacial score (nSPS) is 28.9. The van der Waals surface area contributed by atoms with E-state index >= 15 is 0 Å². The molecule has 2 unspecified atom stereocenters. The first-order valence-corrected chi connectivity index (χ1v) is 5.27. The number of rotatable bonds is 2. The van der Waals surface area contributed by atoms with E-state index in [1.807, 2.05) is 20.8 Å². The highest BCUT2D eigenvalue weighted by atomic mass is 16.5. The van der Waals surface area contributed by atoms with Gasteiger partial charge in [-0.1, -0.05) is 20.8 Å². The van der Waals surface area contributed by atoms with E-state index in [4.69, 9.17) is 4.74 Å². The van der Waals surface area contributed by atoms with Crippen LogP contribution in [-0.2, 0) is 9.53 Å². The van der Waals surface area contributed by atoms with Crippen molar-refractivity contribution in [3.8, 4) is 0 Å². The summed E-state index contributed by atoms with van der Waals surface area (Å²) in [7, 11) is 1.66. The van der Waals surface area contributed by atoms with E-state index in [0.29, 0.717) is 5.78 Å². The molecule has 14 heavy (non-hydrogen) atoms. The molecule has 0 saturated carbocycles. The third-order valence-electron chi connectivity index (χ3n) is 2.73. The number of methoxy groups -OCH3 is 1. The molecule has 0 aromatic rings. The van der Waals surface area contributed by atoms with Gasteiger partial charge in [0.1, 0.15) is 12.0 Å². The molecular weight excluding hydrogens is 178 g/mol. The zero-order chi connectivity index (χ0) is 10.8. The fourth-order valence-corrected chi connectivity index (χ4v) is 1.93. The number of ether oxygens (including phenoxy) is 1. The average Bonchev–Trinajstić information content (AvgIpc) is 2.15. The van der Waals surface area contributed by atoms with Crippen molar-refractivity contribution in [2.75, 3.05) is 13.7 Å². The van der Waals surface area contributed by atoms with E-state index in [1.165, 1.54) is 0 Å². The van der Waals surface area contributed by atoms with Crippen molar-refractivity contribution in [1.82, 2.24) is 5.32 Å². The van der Waals surface area contributed by atoms with Crippen LogP contribution >= 0.6 is 0 Å². The molecule has 1 fully saturated rings. The van der Waals surface area contributed by atoms with Crippen molar-refractivity contribution in [1.29, 1.82) is 0 Å². The van der Waals surface area contributed by atoms with Gasteiger partial charge in [0.25, 0.3) is 0 Å². The summed E-state index contributed by atoms with van der Waals surface area (Å²) in [5.74, 6) is 0.324.